The van der Waals surface area contributed by atoms with E-state index in [0.29, 0.717) is 6.54 Å². The van der Waals surface area contributed by atoms with E-state index >= 15 is 0 Å². The van der Waals surface area contributed by atoms with Crippen LogP contribution in [0.1, 0.15) is 34.0 Å². The van der Waals surface area contributed by atoms with Gasteiger partial charge in [-0.05, 0) is 47.4 Å². The lowest BCUT2D eigenvalue weighted by atomic mass is 10.1. The zero-order valence-corrected chi connectivity index (χ0v) is 17.4. The maximum absolute atomic E-state index is 13.0. The Bertz CT molecular complexity index is 995. The molecule has 156 valence electrons. The standard InChI is InChI=1S/C24H27N3O3/c1-17(28)27-8-6-19-15-21(3-4-22(19)27)24(29)26-11-9-25(10-12-26)16-18-2-5-23-20(14-18)7-13-30-23/h2-5,14-15H,6-13,16H2,1H3. The first-order valence-corrected chi connectivity index (χ1v) is 10.8. The molecule has 0 atom stereocenters. The molecule has 6 heteroatoms. The fourth-order valence-electron chi connectivity index (χ4n) is 4.75. The smallest absolute Gasteiger partial charge is 0.253 e. The van der Waals surface area contributed by atoms with Crippen molar-refractivity contribution in [3.8, 4) is 5.75 Å². The van der Waals surface area contributed by atoms with E-state index in [4.69, 9.17) is 4.74 Å². The van der Waals surface area contributed by atoms with Gasteiger partial charge in [0.05, 0.1) is 6.61 Å². The molecule has 2 aromatic carbocycles. The number of hydrogen-bond acceptors (Lipinski definition) is 4. The van der Waals surface area contributed by atoms with E-state index in [1.54, 1.807) is 11.8 Å². The number of nitrogens with zero attached hydrogens (tertiary/aromatic N) is 3. The Morgan fingerprint density at radius 1 is 0.933 bits per heavy atom. The predicted molar refractivity (Wildman–Crippen MR) is 115 cm³/mol. The first-order valence-electron chi connectivity index (χ1n) is 10.8. The number of ether oxygens (including phenoxy) is 1. The highest BCUT2D eigenvalue weighted by molar-refractivity contribution is 5.98. The van der Waals surface area contributed by atoms with Gasteiger partial charge in [-0.15, -0.1) is 0 Å². The van der Waals surface area contributed by atoms with Crippen molar-refractivity contribution in [2.45, 2.75) is 26.3 Å². The van der Waals surface area contributed by atoms with Crippen LogP contribution >= 0.6 is 0 Å². The molecule has 0 N–H and O–H groups in total. The molecule has 0 aliphatic carbocycles. The molecule has 0 bridgehead atoms. The number of carbonyl (C=O) groups is 2. The van der Waals surface area contributed by atoms with E-state index in [1.165, 1.54) is 11.1 Å². The molecule has 3 aliphatic heterocycles. The number of hydrogen-bond donors (Lipinski definition) is 0. The molecule has 30 heavy (non-hydrogen) atoms. The summed E-state index contributed by atoms with van der Waals surface area (Å²) in [6.45, 7) is 7.22. The number of anilines is 1. The van der Waals surface area contributed by atoms with Crippen LogP contribution < -0.4 is 9.64 Å². The van der Waals surface area contributed by atoms with Crippen molar-refractivity contribution in [1.82, 2.24) is 9.80 Å². The molecule has 1 saturated heterocycles. The van der Waals surface area contributed by atoms with Gasteiger partial charge >= 0.3 is 0 Å². The van der Waals surface area contributed by atoms with Crippen LogP contribution in [0.3, 0.4) is 0 Å². The van der Waals surface area contributed by atoms with Crippen LogP contribution in [0.4, 0.5) is 5.69 Å². The molecule has 2 amide bonds. The largest absolute Gasteiger partial charge is 0.493 e. The number of piperazine rings is 1. The summed E-state index contributed by atoms with van der Waals surface area (Å²) in [7, 11) is 0. The molecule has 6 nitrogen and oxygen atoms in total. The van der Waals surface area contributed by atoms with Crippen molar-refractivity contribution in [3.05, 3.63) is 58.7 Å². The Morgan fingerprint density at radius 2 is 1.77 bits per heavy atom. The van der Waals surface area contributed by atoms with Crippen molar-refractivity contribution in [2.75, 3.05) is 44.2 Å². The Balaban J connectivity index is 1.20. The third-order valence-corrected chi connectivity index (χ3v) is 6.42. The van der Waals surface area contributed by atoms with Crippen molar-refractivity contribution >= 4 is 17.5 Å². The molecule has 3 aliphatic rings. The lowest BCUT2D eigenvalue weighted by Gasteiger charge is -2.35. The lowest BCUT2D eigenvalue weighted by Crippen LogP contribution is -2.48. The second-order valence-corrected chi connectivity index (χ2v) is 8.37. The molecule has 0 unspecified atom stereocenters. The number of amides is 2. The van der Waals surface area contributed by atoms with Gasteiger partial charge in [0.2, 0.25) is 5.91 Å². The molecule has 0 spiro atoms. The van der Waals surface area contributed by atoms with Crippen LogP contribution in [0.25, 0.3) is 0 Å². The Hall–Kier alpha value is -2.86. The second-order valence-electron chi connectivity index (χ2n) is 8.37. The average molecular weight is 405 g/mol. The second kappa shape index (κ2) is 7.76. The molecule has 3 heterocycles. The summed E-state index contributed by atoms with van der Waals surface area (Å²) in [4.78, 5) is 30.9. The van der Waals surface area contributed by atoms with Gasteiger partial charge in [-0.3, -0.25) is 14.5 Å². The summed E-state index contributed by atoms with van der Waals surface area (Å²) in [6.07, 6.45) is 1.81. The van der Waals surface area contributed by atoms with E-state index in [-0.39, 0.29) is 11.8 Å². The van der Waals surface area contributed by atoms with E-state index < -0.39 is 0 Å². The molecular weight excluding hydrogens is 378 g/mol. The monoisotopic (exact) mass is 405 g/mol. The highest BCUT2D eigenvalue weighted by atomic mass is 16.5. The Kier molecular flexibility index (Phi) is 4.95. The fourth-order valence-corrected chi connectivity index (χ4v) is 4.75. The van der Waals surface area contributed by atoms with Crippen LogP contribution in [0.15, 0.2) is 36.4 Å². The summed E-state index contributed by atoms with van der Waals surface area (Å²) < 4.78 is 5.59. The quantitative estimate of drug-likeness (QED) is 0.787. The van der Waals surface area contributed by atoms with Crippen LogP contribution in [-0.4, -0.2) is 60.9 Å². The highest BCUT2D eigenvalue weighted by Gasteiger charge is 2.26. The summed E-state index contributed by atoms with van der Waals surface area (Å²) in [5.74, 6) is 1.17. The zero-order chi connectivity index (χ0) is 20.7. The maximum atomic E-state index is 13.0. The zero-order valence-electron chi connectivity index (χ0n) is 17.4. The van der Waals surface area contributed by atoms with Crippen LogP contribution in [0, 0.1) is 0 Å². The number of benzene rings is 2. The minimum atomic E-state index is 0.0554. The van der Waals surface area contributed by atoms with Crippen LogP contribution in [0.5, 0.6) is 5.75 Å². The summed E-state index contributed by atoms with van der Waals surface area (Å²) in [6, 6.07) is 12.2. The van der Waals surface area contributed by atoms with Crippen LogP contribution in [0.2, 0.25) is 0 Å². The van der Waals surface area contributed by atoms with Gasteiger partial charge in [0.1, 0.15) is 5.75 Å². The van der Waals surface area contributed by atoms with E-state index in [0.717, 1.165) is 74.7 Å². The van der Waals surface area contributed by atoms with Gasteiger partial charge in [0.25, 0.3) is 5.91 Å². The molecular formula is C24H27N3O3. The van der Waals surface area contributed by atoms with E-state index in [2.05, 4.69) is 23.1 Å². The van der Waals surface area contributed by atoms with Crippen molar-refractivity contribution in [3.63, 3.8) is 0 Å². The maximum Gasteiger partial charge on any atom is 0.253 e. The fraction of sp³-hybridized carbons (Fsp3) is 0.417. The van der Waals surface area contributed by atoms with Crippen molar-refractivity contribution < 1.29 is 14.3 Å². The Labute approximate surface area is 177 Å². The van der Waals surface area contributed by atoms with Gasteiger partial charge in [0, 0.05) is 63.9 Å². The first kappa shape index (κ1) is 19.1. The van der Waals surface area contributed by atoms with Gasteiger partial charge in [0.15, 0.2) is 0 Å². The molecule has 2 aromatic rings. The third kappa shape index (κ3) is 3.56. The van der Waals surface area contributed by atoms with Crippen LogP contribution in [-0.2, 0) is 24.2 Å². The van der Waals surface area contributed by atoms with E-state index in [9.17, 15) is 9.59 Å². The molecule has 0 aromatic heterocycles. The SMILES string of the molecule is CC(=O)N1CCc2cc(C(=O)N3CCN(Cc4ccc5c(c4)CCO5)CC3)ccc21. The van der Waals surface area contributed by atoms with Gasteiger partial charge in [-0.1, -0.05) is 12.1 Å². The molecule has 1 fully saturated rings. The minimum absolute atomic E-state index is 0.0554. The number of rotatable bonds is 3. The first-order chi connectivity index (χ1) is 14.6. The van der Waals surface area contributed by atoms with Gasteiger partial charge in [-0.25, -0.2) is 0 Å². The average Bonchev–Trinajstić information content (AvgIpc) is 3.39. The molecule has 5 rings (SSSR count). The molecule has 0 saturated carbocycles. The minimum Gasteiger partial charge on any atom is -0.493 e. The third-order valence-electron chi connectivity index (χ3n) is 6.42. The lowest BCUT2D eigenvalue weighted by molar-refractivity contribution is -0.116. The number of fused-ring (bicyclic) bond motifs is 2. The molecule has 0 radical (unpaired) electrons. The summed E-state index contributed by atoms with van der Waals surface area (Å²) >= 11 is 0. The summed E-state index contributed by atoms with van der Waals surface area (Å²) in [5, 5.41) is 0. The summed E-state index contributed by atoms with van der Waals surface area (Å²) in [5.41, 5.74) is 5.39. The van der Waals surface area contributed by atoms with Crippen molar-refractivity contribution in [2.24, 2.45) is 0 Å². The van der Waals surface area contributed by atoms with Gasteiger partial charge < -0.3 is 14.5 Å². The van der Waals surface area contributed by atoms with Crippen molar-refractivity contribution in [1.29, 1.82) is 0 Å². The normalized spacial score (nSPS) is 18.2. The number of carbonyl (C=O) groups excluding carboxylic acids is 2. The van der Waals surface area contributed by atoms with E-state index in [1.807, 2.05) is 23.1 Å². The predicted octanol–water partition coefficient (Wildman–Crippen LogP) is 2.49. The topological polar surface area (TPSA) is 53.1 Å². The van der Waals surface area contributed by atoms with Gasteiger partial charge in [-0.2, -0.15) is 0 Å². The Morgan fingerprint density at radius 3 is 2.57 bits per heavy atom. The highest BCUT2D eigenvalue weighted by Crippen LogP contribution is 2.30.